The summed E-state index contributed by atoms with van der Waals surface area (Å²) in [5, 5.41) is 0. The van der Waals surface area contributed by atoms with Gasteiger partial charge in [0.25, 0.3) is 10.1 Å². The molecule has 0 saturated heterocycles. The number of anilines is 2. The topological polar surface area (TPSA) is 194 Å². The second kappa shape index (κ2) is 11.8. The molecule has 0 bridgehead atoms. The minimum atomic E-state index is -4.08. The van der Waals surface area contributed by atoms with Crippen LogP contribution in [0.3, 0.4) is 0 Å². The van der Waals surface area contributed by atoms with E-state index in [2.05, 4.69) is 19.9 Å². The van der Waals surface area contributed by atoms with Gasteiger partial charge in [0.1, 0.15) is 17.8 Å². The number of nitrogens with one attached hydrogen (secondary N) is 1. The number of nitrogen functional groups attached to an aromatic ring is 2. The van der Waals surface area contributed by atoms with Crippen LogP contribution in [0.15, 0.2) is 41.8 Å². The quantitative estimate of drug-likeness (QED) is 0.413. The van der Waals surface area contributed by atoms with Gasteiger partial charge in [-0.1, -0.05) is 17.7 Å². The van der Waals surface area contributed by atoms with Crippen LogP contribution >= 0.6 is 0 Å². The van der Waals surface area contributed by atoms with Gasteiger partial charge in [0.15, 0.2) is 0 Å². The molecule has 164 valence electrons. The third kappa shape index (κ3) is 9.37. The van der Waals surface area contributed by atoms with Crippen LogP contribution in [0.4, 0.5) is 11.6 Å². The Morgan fingerprint density at radius 2 is 1.40 bits per heavy atom. The van der Waals surface area contributed by atoms with Gasteiger partial charge >= 0.3 is 0 Å². The van der Waals surface area contributed by atoms with Crippen molar-refractivity contribution >= 4 is 21.8 Å². The Kier molecular flexibility index (Phi) is 10.5. The normalized spacial score (nSPS) is 9.93. The smallest absolute Gasteiger partial charge is 0.295 e. The first-order valence-electron chi connectivity index (χ1n) is 8.59. The molecule has 0 amide bonds. The Balaban J connectivity index is 0.000000433. The third-order valence-corrected chi connectivity index (χ3v) is 4.71. The van der Waals surface area contributed by atoms with E-state index in [9.17, 15) is 8.42 Å². The molecule has 0 aliphatic heterocycles. The second-order valence-electron chi connectivity index (χ2n) is 6.43. The van der Waals surface area contributed by atoms with Crippen LogP contribution in [0, 0.1) is 34.6 Å². The van der Waals surface area contributed by atoms with Gasteiger partial charge in [-0.3, -0.25) is 9.54 Å². The van der Waals surface area contributed by atoms with Crippen molar-refractivity contribution in [2.75, 3.05) is 11.5 Å². The number of nitrogens with two attached hydrogens (primary N) is 2. The number of rotatable bonds is 1. The van der Waals surface area contributed by atoms with Crippen LogP contribution in [0.5, 0.6) is 0 Å². The van der Waals surface area contributed by atoms with Gasteiger partial charge in [-0.05, 0) is 45.7 Å². The van der Waals surface area contributed by atoms with E-state index in [1.165, 1.54) is 6.33 Å². The zero-order valence-electron chi connectivity index (χ0n) is 17.8. The number of benzene rings is 1. The van der Waals surface area contributed by atoms with Crippen molar-refractivity contribution in [2.45, 2.75) is 39.5 Å². The summed E-state index contributed by atoms with van der Waals surface area (Å²) >= 11 is 0. The molecule has 3 aromatic rings. The van der Waals surface area contributed by atoms with E-state index in [1.54, 1.807) is 44.4 Å². The van der Waals surface area contributed by atoms with Crippen molar-refractivity contribution in [3.63, 3.8) is 0 Å². The molecule has 0 saturated carbocycles. The summed E-state index contributed by atoms with van der Waals surface area (Å²) in [4.78, 5) is 14.2. The fraction of sp³-hybridized carbons (Fsp3) is 0.263. The monoisotopic (exact) mass is 436 g/mol. The number of aromatic amines is 1. The minimum absolute atomic E-state index is 0. The molecule has 9 N–H and O–H groups in total. The molecule has 0 radical (unpaired) electrons. The average Bonchev–Trinajstić information content (AvgIpc) is 2.53. The summed E-state index contributed by atoms with van der Waals surface area (Å²) in [6.45, 7) is 8.99. The van der Waals surface area contributed by atoms with Crippen molar-refractivity contribution in [3.8, 4) is 0 Å². The number of aryl methyl sites for hydroxylation is 5. The molecule has 3 rings (SSSR count). The Morgan fingerprint density at radius 1 is 0.867 bits per heavy atom. The van der Waals surface area contributed by atoms with Crippen molar-refractivity contribution in [2.24, 2.45) is 0 Å². The lowest BCUT2D eigenvalue weighted by atomic mass is 10.1. The van der Waals surface area contributed by atoms with E-state index in [1.807, 2.05) is 20.8 Å². The van der Waals surface area contributed by atoms with Gasteiger partial charge in [0.2, 0.25) is 12.1 Å². The van der Waals surface area contributed by atoms with Gasteiger partial charge in [-0.15, -0.1) is 4.98 Å². The van der Waals surface area contributed by atoms with E-state index in [0.29, 0.717) is 22.8 Å². The number of hydrogen-bond acceptors (Lipinski definition) is 8. The molecule has 1 aromatic carbocycles. The third-order valence-electron chi connectivity index (χ3n) is 3.55. The predicted molar refractivity (Wildman–Crippen MR) is 117 cm³/mol. The second-order valence-corrected chi connectivity index (χ2v) is 7.79. The molecule has 2 heterocycles. The molecule has 0 unspecified atom stereocenters. The van der Waals surface area contributed by atoms with E-state index in [-0.39, 0.29) is 11.0 Å². The molecule has 0 spiro atoms. The van der Waals surface area contributed by atoms with Crippen LogP contribution in [0.2, 0.25) is 0 Å². The standard InChI is InChI=1S/C9H12O3S.2C5H7N3.H3N/c1-6-4-7(2)9(8(3)5-6)13(10,11)12;2*1-4-2-5(6)8-3-7-4;/h4-5H,1-3H3,(H,10,11,12);2*2-3H,1H3,(H2,6,7,8);1H3/p+1. The molecular formula is C19H30N7O3S+. The molecule has 0 aliphatic rings. The summed E-state index contributed by atoms with van der Waals surface area (Å²) in [6.07, 6.45) is 3.02. The highest BCUT2D eigenvalue weighted by Gasteiger charge is 2.15. The molecule has 11 heteroatoms. The van der Waals surface area contributed by atoms with Crippen molar-refractivity contribution in [1.82, 2.24) is 21.1 Å². The first kappa shape index (κ1) is 26.9. The van der Waals surface area contributed by atoms with E-state index in [4.69, 9.17) is 16.0 Å². The van der Waals surface area contributed by atoms with Crippen LogP contribution in [0.25, 0.3) is 0 Å². The van der Waals surface area contributed by atoms with Crippen LogP contribution < -0.4 is 22.6 Å². The largest absolute Gasteiger partial charge is 0.384 e. The Bertz CT molecular complexity index is 972. The molecule has 2 aromatic heterocycles. The maximum Gasteiger partial charge on any atom is 0.295 e. The zero-order valence-corrected chi connectivity index (χ0v) is 18.7. The SMILES string of the molecule is Cc1cc(C)c(S(=O)(=O)O)c(C)c1.Cc1cc(N)[nH+]cn1.Cc1cc(N)ncn1.N. The van der Waals surface area contributed by atoms with E-state index < -0.39 is 10.1 Å². The molecule has 10 nitrogen and oxygen atoms in total. The minimum Gasteiger partial charge on any atom is -0.384 e. The number of H-pyrrole nitrogens is 1. The Labute approximate surface area is 177 Å². The fourth-order valence-corrected chi connectivity index (χ4v) is 3.49. The van der Waals surface area contributed by atoms with E-state index >= 15 is 0 Å². The van der Waals surface area contributed by atoms with Gasteiger partial charge in [0.05, 0.1) is 4.90 Å². The first-order valence-corrected chi connectivity index (χ1v) is 10.0. The lowest BCUT2D eigenvalue weighted by Gasteiger charge is -2.07. The Morgan fingerprint density at radius 3 is 1.73 bits per heavy atom. The Hall–Kier alpha value is -3.15. The first-order chi connectivity index (χ1) is 13.4. The lowest BCUT2D eigenvalue weighted by Crippen LogP contribution is -2.10. The molecular weight excluding hydrogens is 406 g/mol. The maximum absolute atomic E-state index is 10.9. The molecule has 0 aliphatic carbocycles. The van der Waals surface area contributed by atoms with Gasteiger partial charge in [0, 0.05) is 17.8 Å². The van der Waals surface area contributed by atoms with Gasteiger partial charge in [-0.25, -0.2) is 9.97 Å². The summed E-state index contributed by atoms with van der Waals surface area (Å²) in [6, 6.07) is 6.96. The fourth-order valence-electron chi connectivity index (χ4n) is 2.56. The highest BCUT2D eigenvalue weighted by Crippen LogP contribution is 2.20. The number of aromatic nitrogens is 4. The number of nitrogens with zero attached hydrogens (tertiary/aromatic N) is 3. The van der Waals surface area contributed by atoms with Crippen LogP contribution in [-0.4, -0.2) is 27.9 Å². The predicted octanol–water partition coefficient (Wildman–Crippen LogP) is 2.17. The van der Waals surface area contributed by atoms with Crippen molar-refractivity contribution < 1.29 is 18.0 Å². The molecule has 30 heavy (non-hydrogen) atoms. The van der Waals surface area contributed by atoms with Crippen molar-refractivity contribution in [3.05, 3.63) is 65.0 Å². The highest BCUT2D eigenvalue weighted by atomic mass is 32.2. The number of hydrogen-bond donors (Lipinski definition) is 4. The molecule has 0 atom stereocenters. The molecule has 0 fully saturated rings. The summed E-state index contributed by atoms with van der Waals surface area (Å²) in [5.41, 5.74) is 14.7. The maximum atomic E-state index is 10.9. The summed E-state index contributed by atoms with van der Waals surface area (Å²) < 4.78 is 30.8. The summed E-state index contributed by atoms with van der Waals surface area (Å²) in [7, 11) is -4.08. The highest BCUT2D eigenvalue weighted by molar-refractivity contribution is 7.86. The average molecular weight is 437 g/mol. The van der Waals surface area contributed by atoms with Crippen molar-refractivity contribution in [1.29, 1.82) is 0 Å². The summed E-state index contributed by atoms with van der Waals surface area (Å²) in [5.74, 6) is 1.18. The zero-order chi connectivity index (χ0) is 22.2. The van der Waals surface area contributed by atoms with Crippen LogP contribution in [-0.2, 0) is 10.1 Å². The van der Waals surface area contributed by atoms with Crippen LogP contribution in [0.1, 0.15) is 28.1 Å². The van der Waals surface area contributed by atoms with Gasteiger partial charge in [-0.2, -0.15) is 8.42 Å². The lowest BCUT2D eigenvalue weighted by molar-refractivity contribution is -0.365. The van der Waals surface area contributed by atoms with Gasteiger partial charge < -0.3 is 17.6 Å². The van der Waals surface area contributed by atoms with E-state index in [0.717, 1.165) is 17.0 Å².